The average molecular weight is 214 g/mol. The van der Waals surface area contributed by atoms with Gasteiger partial charge in [0.1, 0.15) is 0 Å². The Balaban J connectivity index is 2.24. The Morgan fingerprint density at radius 3 is 2.93 bits per heavy atom. The van der Waals surface area contributed by atoms with Gasteiger partial charge in [-0.05, 0) is 32.2 Å². The highest BCUT2D eigenvalue weighted by Crippen LogP contribution is 2.17. The summed E-state index contributed by atoms with van der Waals surface area (Å²) in [5, 5.41) is 0. The third-order valence-electron chi connectivity index (χ3n) is 2.64. The molecule has 14 heavy (non-hydrogen) atoms. The van der Waals surface area contributed by atoms with E-state index in [1.54, 1.807) is 0 Å². The van der Waals surface area contributed by atoms with Crippen molar-refractivity contribution in [1.29, 1.82) is 0 Å². The zero-order valence-corrected chi connectivity index (χ0v) is 10.6. The fraction of sp³-hybridized carbons (Fsp3) is 0.818. The first kappa shape index (κ1) is 11.9. The van der Waals surface area contributed by atoms with Crippen molar-refractivity contribution in [1.82, 2.24) is 0 Å². The van der Waals surface area contributed by atoms with Gasteiger partial charge in [-0.1, -0.05) is 25.5 Å². The van der Waals surface area contributed by atoms with Gasteiger partial charge in [0.05, 0.1) is 6.10 Å². The second kappa shape index (κ2) is 6.38. The van der Waals surface area contributed by atoms with E-state index in [0.717, 1.165) is 19.4 Å². The van der Waals surface area contributed by atoms with Crippen LogP contribution in [0.4, 0.5) is 0 Å². The van der Waals surface area contributed by atoms with Gasteiger partial charge in [0.25, 0.3) is 0 Å². The molecule has 82 valence electrons. The Hall–Kier alpha value is -0.123. The molecule has 0 aromatic heterocycles. The zero-order valence-electron chi connectivity index (χ0n) is 9.42. The lowest BCUT2D eigenvalue weighted by atomic mass is 10.1. The van der Waals surface area contributed by atoms with Crippen molar-refractivity contribution in [3.63, 3.8) is 0 Å². The minimum Gasteiger partial charge on any atom is -0.397 e. The van der Waals surface area contributed by atoms with Crippen molar-refractivity contribution in [3.8, 4) is 0 Å². The van der Waals surface area contributed by atoms with E-state index in [0.29, 0.717) is 0 Å². The Morgan fingerprint density at radius 1 is 1.57 bits per heavy atom. The minimum atomic E-state index is -1.33. The predicted molar refractivity (Wildman–Crippen MR) is 61.7 cm³/mol. The van der Waals surface area contributed by atoms with Crippen LogP contribution in [0, 0.1) is 0 Å². The molecule has 0 amide bonds. The monoisotopic (exact) mass is 214 g/mol. The van der Waals surface area contributed by atoms with Gasteiger partial charge in [-0.3, -0.25) is 0 Å². The number of hydrogen-bond acceptors (Lipinski definition) is 2. The molecule has 1 fully saturated rings. The lowest BCUT2D eigenvalue weighted by Gasteiger charge is -2.25. The Morgan fingerprint density at radius 2 is 2.36 bits per heavy atom. The fourth-order valence-corrected chi connectivity index (χ4v) is 3.75. The summed E-state index contributed by atoms with van der Waals surface area (Å²) in [6.45, 7) is 9.23. The summed E-state index contributed by atoms with van der Waals surface area (Å²) >= 11 is 0. The third kappa shape index (κ3) is 3.94. The van der Waals surface area contributed by atoms with Gasteiger partial charge in [0.15, 0.2) is 0 Å². The molecule has 1 aliphatic heterocycles. The summed E-state index contributed by atoms with van der Waals surface area (Å²) < 4.78 is 11.6. The zero-order chi connectivity index (χ0) is 10.4. The van der Waals surface area contributed by atoms with Gasteiger partial charge < -0.3 is 8.85 Å². The highest BCUT2D eigenvalue weighted by Gasteiger charge is 2.20. The van der Waals surface area contributed by atoms with Gasteiger partial charge in [0, 0.05) is 6.61 Å². The van der Waals surface area contributed by atoms with Crippen LogP contribution in [-0.4, -0.2) is 22.0 Å². The van der Waals surface area contributed by atoms with E-state index in [4.69, 9.17) is 8.85 Å². The van der Waals surface area contributed by atoms with Gasteiger partial charge in [-0.25, -0.2) is 0 Å². The van der Waals surface area contributed by atoms with Crippen LogP contribution in [0.25, 0.3) is 0 Å². The van der Waals surface area contributed by atoms with Crippen LogP contribution in [0.5, 0.6) is 0 Å². The van der Waals surface area contributed by atoms with E-state index >= 15 is 0 Å². The maximum atomic E-state index is 5.92. The van der Waals surface area contributed by atoms with Crippen molar-refractivity contribution < 1.29 is 8.85 Å². The van der Waals surface area contributed by atoms with Crippen LogP contribution in [-0.2, 0) is 8.85 Å². The fourth-order valence-electron chi connectivity index (χ4n) is 1.67. The van der Waals surface area contributed by atoms with Crippen LogP contribution < -0.4 is 0 Å². The van der Waals surface area contributed by atoms with Gasteiger partial charge >= 0.3 is 9.28 Å². The van der Waals surface area contributed by atoms with Crippen molar-refractivity contribution >= 4 is 9.28 Å². The van der Waals surface area contributed by atoms with Crippen molar-refractivity contribution in [2.75, 3.05) is 6.61 Å². The van der Waals surface area contributed by atoms with Gasteiger partial charge in [-0.2, -0.15) is 0 Å². The first-order chi connectivity index (χ1) is 6.74. The van der Waals surface area contributed by atoms with Crippen LogP contribution >= 0.6 is 0 Å². The minimum absolute atomic E-state index is 0.199. The van der Waals surface area contributed by atoms with Crippen molar-refractivity contribution in [3.05, 3.63) is 12.2 Å². The van der Waals surface area contributed by atoms with Crippen LogP contribution in [0.1, 0.15) is 39.5 Å². The Labute approximate surface area is 89.1 Å². The molecule has 0 aliphatic carbocycles. The molecule has 0 N–H and O–H groups in total. The van der Waals surface area contributed by atoms with Crippen molar-refractivity contribution in [2.24, 2.45) is 0 Å². The molecule has 1 saturated heterocycles. The van der Waals surface area contributed by atoms with E-state index in [-0.39, 0.29) is 6.10 Å². The predicted octanol–water partition coefficient (Wildman–Crippen LogP) is 2.78. The first-order valence-corrected chi connectivity index (χ1v) is 7.44. The smallest absolute Gasteiger partial charge is 0.321 e. The molecular formula is C11H22O2Si. The first-order valence-electron chi connectivity index (χ1n) is 5.68. The lowest BCUT2D eigenvalue weighted by molar-refractivity contribution is 0.149. The maximum Gasteiger partial charge on any atom is 0.321 e. The summed E-state index contributed by atoms with van der Waals surface area (Å²) in [7, 11) is -1.33. The summed E-state index contributed by atoms with van der Waals surface area (Å²) in [5.74, 6) is 0. The van der Waals surface area contributed by atoms with E-state index in [1.165, 1.54) is 24.5 Å². The maximum absolute atomic E-state index is 5.92. The normalized spacial score (nSPS) is 24.6. The number of rotatable bonds is 5. The molecule has 0 aromatic carbocycles. The summed E-state index contributed by atoms with van der Waals surface area (Å²) in [5.41, 5.74) is 1.22. The topological polar surface area (TPSA) is 18.5 Å². The summed E-state index contributed by atoms with van der Waals surface area (Å²) in [4.78, 5) is 0. The molecule has 1 aliphatic rings. The highest BCUT2D eigenvalue weighted by molar-refractivity contribution is 6.44. The van der Waals surface area contributed by atoms with E-state index < -0.39 is 9.28 Å². The molecule has 2 unspecified atom stereocenters. The molecular weight excluding hydrogens is 192 g/mol. The molecule has 2 nitrogen and oxygen atoms in total. The molecule has 0 bridgehead atoms. The average Bonchev–Trinajstić information content (AvgIpc) is 2.19. The quantitative estimate of drug-likeness (QED) is 0.517. The van der Waals surface area contributed by atoms with Gasteiger partial charge in [0.2, 0.25) is 0 Å². The van der Waals surface area contributed by atoms with Crippen LogP contribution in [0.3, 0.4) is 0 Å². The van der Waals surface area contributed by atoms with E-state index in [2.05, 4.69) is 20.4 Å². The van der Waals surface area contributed by atoms with Crippen LogP contribution in [0.2, 0.25) is 6.04 Å². The molecule has 2 atom stereocenters. The second-order valence-electron chi connectivity index (χ2n) is 3.98. The van der Waals surface area contributed by atoms with Crippen LogP contribution in [0.15, 0.2) is 12.2 Å². The lowest BCUT2D eigenvalue weighted by Crippen LogP contribution is -2.31. The molecule has 1 heterocycles. The molecule has 0 aromatic rings. The Bertz CT molecular complexity index is 176. The molecule has 0 saturated carbocycles. The SMILES string of the molecule is C=C(CCC)C(C)O[SiH]1CCCCO1. The summed E-state index contributed by atoms with van der Waals surface area (Å²) in [6, 6.07) is 1.17. The summed E-state index contributed by atoms with van der Waals surface area (Å²) in [6.07, 6.45) is 4.91. The Kier molecular flexibility index (Phi) is 5.44. The molecule has 0 radical (unpaired) electrons. The third-order valence-corrected chi connectivity index (χ3v) is 4.84. The molecule has 1 rings (SSSR count). The number of hydrogen-bond donors (Lipinski definition) is 0. The van der Waals surface area contributed by atoms with E-state index in [9.17, 15) is 0 Å². The van der Waals surface area contributed by atoms with E-state index in [1.807, 2.05) is 0 Å². The largest absolute Gasteiger partial charge is 0.397 e. The standard InChI is InChI=1S/C11H22O2Si/c1-4-7-10(2)11(3)13-14-9-6-5-8-12-14/h11,14H,2,4-9H2,1,3H3. The van der Waals surface area contributed by atoms with Gasteiger partial charge in [-0.15, -0.1) is 0 Å². The second-order valence-corrected chi connectivity index (χ2v) is 6.02. The van der Waals surface area contributed by atoms with Crippen molar-refractivity contribution in [2.45, 2.75) is 51.7 Å². The highest BCUT2D eigenvalue weighted by atomic mass is 28.3. The molecule has 3 heteroatoms. The molecule has 0 spiro atoms.